The molecule has 0 atom stereocenters. The van der Waals surface area contributed by atoms with E-state index >= 15 is 0 Å². The number of fused-ring (bicyclic) bond motifs is 3. The lowest BCUT2D eigenvalue weighted by Gasteiger charge is -2.09. The van der Waals surface area contributed by atoms with Gasteiger partial charge >= 0.3 is 30.3 Å². The molecule has 2 aromatic heterocycles. The van der Waals surface area contributed by atoms with Gasteiger partial charge in [-0.2, -0.15) is 26.3 Å². The van der Waals surface area contributed by atoms with E-state index in [0.29, 0.717) is 36.7 Å². The molecule has 0 spiro atoms. The number of rotatable bonds is 8. The van der Waals surface area contributed by atoms with Gasteiger partial charge in [0.25, 0.3) is 0 Å². The summed E-state index contributed by atoms with van der Waals surface area (Å²) in [6.07, 6.45) is -6.79. The second-order valence-corrected chi connectivity index (χ2v) is 8.48. The number of benzene rings is 2. The molecule has 0 aliphatic carbocycles. The minimum Gasteiger partial charge on any atom is -0.478 e. The molecule has 0 radical (unpaired) electrons. The second kappa shape index (κ2) is 14.8. The summed E-state index contributed by atoms with van der Waals surface area (Å²) in [5.74, 6) is -5.99. The molecule has 0 saturated heterocycles. The number of alkyl halides is 6. The zero-order valence-corrected chi connectivity index (χ0v) is 21.9. The van der Waals surface area contributed by atoms with Gasteiger partial charge in [0.05, 0.1) is 29.5 Å². The van der Waals surface area contributed by atoms with Crippen LogP contribution in [0.1, 0.15) is 22.3 Å². The number of carbonyl (C=O) groups is 3. The number of aryl methyl sites for hydroxylation is 1. The van der Waals surface area contributed by atoms with Gasteiger partial charge in [-0.25, -0.2) is 24.4 Å². The number of aromatic nitrogens is 3. The van der Waals surface area contributed by atoms with Crippen molar-refractivity contribution in [3.05, 3.63) is 66.0 Å². The molecule has 0 saturated carbocycles. The topological polar surface area (TPSA) is 178 Å². The highest BCUT2D eigenvalue weighted by Crippen LogP contribution is 2.26. The van der Waals surface area contributed by atoms with Crippen LogP contribution in [0.3, 0.4) is 0 Å². The smallest absolute Gasteiger partial charge is 0.478 e. The largest absolute Gasteiger partial charge is 0.490 e. The van der Waals surface area contributed by atoms with E-state index in [0.717, 1.165) is 34.8 Å². The molecule has 0 amide bonds. The first-order valence-electron chi connectivity index (χ1n) is 12.0. The van der Waals surface area contributed by atoms with Gasteiger partial charge in [0.1, 0.15) is 5.52 Å². The van der Waals surface area contributed by atoms with Gasteiger partial charge in [-0.15, -0.1) is 0 Å². The van der Waals surface area contributed by atoms with E-state index in [2.05, 4.69) is 9.97 Å². The fourth-order valence-corrected chi connectivity index (χ4v) is 3.48. The fourth-order valence-electron chi connectivity index (χ4n) is 3.48. The molecule has 0 aliphatic rings. The Balaban J connectivity index is 0.000000384. The van der Waals surface area contributed by atoms with E-state index < -0.39 is 30.3 Å². The zero-order chi connectivity index (χ0) is 32.4. The molecule has 17 heteroatoms. The summed E-state index contributed by atoms with van der Waals surface area (Å²) in [4.78, 5) is 37.7. The summed E-state index contributed by atoms with van der Waals surface area (Å²) >= 11 is 0. The molecule has 5 N–H and O–H groups in total. The SMILES string of the molecule is Nc1nc2ccccc2c2c1ncn2CCOCCCc1cccc(C(=O)O)c1.O=C(O)C(F)(F)F.O=C(O)C(F)(F)F. The van der Waals surface area contributed by atoms with E-state index in [1.807, 2.05) is 34.9 Å². The lowest BCUT2D eigenvalue weighted by molar-refractivity contribution is -0.193. The number of anilines is 1. The second-order valence-electron chi connectivity index (χ2n) is 8.48. The van der Waals surface area contributed by atoms with Gasteiger partial charge in [0.15, 0.2) is 5.82 Å². The van der Waals surface area contributed by atoms with Gasteiger partial charge in [-0.3, -0.25) is 0 Å². The summed E-state index contributed by atoms with van der Waals surface area (Å²) in [7, 11) is 0. The number of para-hydroxylation sites is 1. The highest BCUT2D eigenvalue weighted by Gasteiger charge is 2.38. The van der Waals surface area contributed by atoms with Crippen molar-refractivity contribution in [1.82, 2.24) is 14.5 Å². The number of ether oxygens (including phenoxy) is 1. The van der Waals surface area contributed by atoms with Gasteiger partial charge in [-0.1, -0.05) is 30.3 Å². The van der Waals surface area contributed by atoms with E-state index in [1.54, 1.807) is 24.5 Å². The van der Waals surface area contributed by atoms with Crippen LogP contribution >= 0.6 is 0 Å². The summed E-state index contributed by atoms with van der Waals surface area (Å²) in [5.41, 5.74) is 9.91. The van der Waals surface area contributed by atoms with Gasteiger partial charge in [0.2, 0.25) is 0 Å². The minimum atomic E-state index is -5.08. The third-order valence-corrected chi connectivity index (χ3v) is 5.37. The van der Waals surface area contributed by atoms with Crippen LogP contribution in [0, 0.1) is 0 Å². The first kappa shape index (κ1) is 34.3. The number of hydrogen-bond acceptors (Lipinski definition) is 7. The van der Waals surface area contributed by atoms with Crippen molar-refractivity contribution in [3.63, 3.8) is 0 Å². The molecule has 0 fully saturated rings. The third-order valence-electron chi connectivity index (χ3n) is 5.37. The van der Waals surface area contributed by atoms with Crippen LogP contribution in [0.15, 0.2) is 54.9 Å². The first-order valence-corrected chi connectivity index (χ1v) is 12.0. The zero-order valence-electron chi connectivity index (χ0n) is 21.9. The van der Waals surface area contributed by atoms with Crippen LogP contribution in [0.25, 0.3) is 21.9 Å². The molecule has 2 heterocycles. The number of imidazole rings is 1. The molecule has 11 nitrogen and oxygen atoms in total. The highest BCUT2D eigenvalue weighted by atomic mass is 19.4. The Hall–Kier alpha value is -4.93. The number of nitrogen functional groups attached to an aromatic ring is 1. The Bertz CT molecular complexity index is 1550. The van der Waals surface area contributed by atoms with E-state index in [4.69, 9.17) is 35.4 Å². The number of halogens is 6. The van der Waals surface area contributed by atoms with Gasteiger partial charge in [0, 0.05) is 18.5 Å². The third kappa shape index (κ3) is 10.4. The maximum Gasteiger partial charge on any atom is 0.490 e. The summed E-state index contributed by atoms with van der Waals surface area (Å²) in [5, 5.41) is 24.3. The van der Waals surface area contributed by atoms with E-state index in [-0.39, 0.29) is 0 Å². The van der Waals surface area contributed by atoms with Crippen molar-refractivity contribution >= 4 is 45.7 Å². The van der Waals surface area contributed by atoms with E-state index in [1.165, 1.54) is 0 Å². The minimum absolute atomic E-state index is 0.316. The normalized spacial score (nSPS) is 11.3. The van der Waals surface area contributed by atoms with Crippen molar-refractivity contribution in [3.8, 4) is 0 Å². The van der Waals surface area contributed by atoms with Crippen LogP contribution in [0.2, 0.25) is 0 Å². The maximum absolute atomic E-state index is 11.0. The van der Waals surface area contributed by atoms with E-state index in [9.17, 15) is 31.1 Å². The lowest BCUT2D eigenvalue weighted by atomic mass is 10.1. The number of aliphatic carboxylic acids is 2. The molecular formula is C26H24F6N4O7. The predicted molar refractivity (Wildman–Crippen MR) is 139 cm³/mol. The van der Waals surface area contributed by atoms with Crippen LogP contribution in [0.5, 0.6) is 0 Å². The molecule has 4 aromatic rings. The van der Waals surface area contributed by atoms with Crippen LogP contribution < -0.4 is 5.73 Å². The number of carboxylic acids is 3. The quantitative estimate of drug-likeness (QED) is 0.159. The average molecular weight is 618 g/mol. The summed E-state index contributed by atoms with van der Waals surface area (Å²) < 4.78 is 71.3. The molecule has 2 aromatic carbocycles. The highest BCUT2D eigenvalue weighted by molar-refractivity contribution is 6.06. The Morgan fingerprint density at radius 3 is 2.07 bits per heavy atom. The molecular weight excluding hydrogens is 594 g/mol. The number of carboxylic acid groups (broad SMARTS) is 3. The van der Waals surface area contributed by atoms with Crippen molar-refractivity contribution in [2.45, 2.75) is 31.7 Å². The Kier molecular flexibility index (Phi) is 11.8. The van der Waals surface area contributed by atoms with Gasteiger partial charge in [-0.05, 0) is 36.6 Å². The summed E-state index contributed by atoms with van der Waals surface area (Å²) in [6, 6.07) is 14.9. The maximum atomic E-state index is 11.0. The fraction of sp³-hybridized carbons (Fsp3) is 0.269. The summed E-state index contributed by atoms with van der Waals surface area (Å²) in [6.45, 7) is 1.82. The number of hydrogen-bond donors (Lipinski definition) is 4. The van der Waals surface area contributed by atoms with Crippen LogP contribution in [-0.2, 0) is 27.3 Å². The average Bonchev–Trinajstić information content (AvgIpc) is 3.35. The van der Waals surface area contributed by atoms with Crippen molar-refractivity contribution in [1.29, 1.82) is 0 Å². The number of pyridine rings is 1. The van der Waals surface area contributed by atoms with Crippen LogP contribution in [-0.4, -0.2) is 73.3 Å². The van der Waals surface area contributed by atoms with Crippen molar-refractivity contribution in [2.75, 3.05) is 18.9 Å². The number of nitrogens with two attached hydrogens (primary N) is 1. The standard InChI is InChI=1S/C22H22N4O3.2C2HF3O2/c23-21-19-20(17-8-1-2-9-18(17)25-21)26(14-24-19)10-12-29-11-4-6-15-5-3-7-16(13-15)22(27)28;2*3-2(4,5)1(6)7/h1-3,5,7-9,13-14H,4,6,10-12H2,(H2,23,25)(H,27,28);2*(H,6,7). The molecule has 0 unspecified atom stereocenters. The monoisotopic (exact) mass is 618 g/mol. The van der Waals surface area contributed by atoms with Crippen molar-refractivity contribution < 1.29 is 60.8 Å². The lowest BCUT2D eigenvalue weighted by Crippen LogP contribution is -2.21. The Labute approximate surface area is 238 Å². The molecule has 0 bridgehead atoms. The Morgan fingerprint density at radius 2 is 1.49 bits per heavy atom. The number of nitrogens with zero attached hydrogens (tertiary/aromatic N) is 3. The number of aromatic carboxylic acids is 1. The molecule has 232 valence electrons. The van der Waals surface area contributed by atoms with Crippen molar-refractivity contribution in [2.24, 2.45) is 0 Å². The first-order chi connectivity index (χ1) is 20.0. The Morgan fingerprint density at radius 1 is 0.884 bits per heavy atom. The van der Waals surface area contributed by atoms with Crippen LogP contribution in [0.4, 0.5) is 32.2 Å². The molecule has 43 heavy (non-hydrogen) atoms. The molecule has 4 rings (SSSR count). The molecule has 0 aliphatic heterocycles. The predicted octanol–water partition coefficient (Wildman–Crippen LogP) is 4.78. The van der Waals surface area contributed by atoms with Gasteiger partial charge < -0.3 is 30.4 Å².